The molecule has 0 saturated carbocycles. The first kappa shape index (κ1) is 16.9. The van der Waals surface area contributed by atoms with Crippen LogP contribution in [-0.4, -0.2) is 47.8 Å². The zero-order valence-corrected chi connectivity index (χ0v) is 14.3. The van der Waals surface area contributed by atoms with E-state index in [2.05, 4.69) is 0 Å². The highest BCUT2D eigenvalue weighted by Crippen LogP contribution is 2.41. The molecule has 1 unspecified atom stereocenters. The van der Waals surface area contributed by atoms with E-state index >= 15 is 0 Å². The molecular formula is C19H25FN2O2. The molecule has 2 aliphatic heterocycles. The lowest BCUT2D eigenvalue weighted by Crippen LogP contribution is -2.37. The minimum absolute atomic E-state index is 0.0236. The maximum absolute atomic E-state index is 13.3. The lowest BCUT2D eigenvalue weighted by atomic mass is 9.79. The first-order chi connectivity index (χ1) is 11.5. The van der Waals surface area contributed by atoms with Gasteiger partial charge >= 0.3 is 0 Å². The van der Waals surface area contributed by atoms with Crippen molar-refractivity contribution in [1.29, 1.82) is 0 Å². The highest BCUT2D eigenvalue weighted by atomic mass is 19.1. The van der Waals surface area contributed by atoms with Gasteiger partial charge in [0.05, 0.1) is 11.8 Å². The molecule has 0 bridgehead atoms. The van der Waals surface area contributed by atoms with E-state index in [0.29, 0.717) is 18.7 Å². The van der Waals surface area contributed by atoms with Crippen molar-refractivity contribution in [2.75, 3.05) is 26.2 Å². The second kappa shape index (κ2) is 6.91. The Balaban J connectivity index is 1.63. The Morgan fingerprint density at radius 2 is 2.00 bits per heavy atom. The average molecular weight is 332 g/mol. The molecule has 2 amide bonds. The van der Waals surface area contributed by atoms with E-state index in [1.54, 1.807) is 12.1 Å². The summed E-state index contributed by atoms with van der Waals surface area (Å²) in [5.41, 5.74) is 0.442. The summed E-state index contributed by atoms with van der Waals surface area (Å²) in [4.78, 5) is 29.0. The number of carbonyl (C=O) groups is 2. The Kier molecular flexibility index (Phi) is 4.88. The smallest absolute Gasteiger partial charge is 0.228 e. The lowest BCUT2D eigenvalue weighted by Gasteiger charge is -2.26. The SMILES string of the molecule is CCN1CCC2(CCCN(C(=O)Cc3cccc(F)c3)CC2)C1=O. The van der Waals surface area contributed by atoms with Gasteiger partial charge in [-0.25, -0.2) is 4.39 Å². The van der Waals surface area contributed by atoms with Crippen LogP contribution in [0.3, 0.4) is 0 Å². The Hall–Kier alpha value is -1.91. The minimum Gasteiger partial charge on any atom is -0.342 e. The predicted molar refractivity (Wildman–Crippen MR) is 89.8 cm³/mol. The van der Waals surface area contributed by atoms with Crippen molar-refractivity contribution in [2.45, 2.75) is 39.0 Å². The molecular weight excluding hydrogens is 307 g/mol. The van der Waals surface area contributed by atoms with E-state index in [9.17, 15) is 14.0 Å². The second-order valence-corrected chi connectivity index (χ2v) is 6.96. The minimum atomic E-state index is -0.314. The van der Waals surface area contributed by atoms with Gasteiger partial charge in [0.15, 0.2) is 0 Å². The van der Waals surface area contributed by atoms with Gasteiger partial charge in [0, 0.05) is 26.2 Å². The highest BCUT2D eigenvalue weighted by molar-refractivity contribution is 5.85. The molecule has 130 valence electrons. The number of hydrogen-bond acceptors (Lipinski definition) is 2. The monoisotopic (exact) mass is 332 g/mol. The summed E-state index contributed by atoms with van der Waals surface area (Å²) in [5.74, 6) is -0.0220. The van der Waals surface area contributed by atoms with Crippen molar-refractivity contribution in [1.82, 2.24) is 9.80 Å². The number of nitrogens with zero attached hydrogens (tertiary/aromatic N) is 2. The fraction of sp³-hybridized carbons (Fsp3) is 0.579. The molecule has 1 aromatic carbocycles. The van der Waals surface area contributed by atoms with Gasteiger partial charge in [0.2, 0.25) is 11.8 Å². The lowest BCUT2D eigenvalue weighted by molar-refractivity contribution is -0.137. The quantitative estimate of drug-likeness (QED) is 0.854. The van der Waals surface area contributed by atoms with Crippen molar-refractivity contribution in [3.63, 3.8) is 0 Å². The average Bonchev–Trinajstić information content (AvgIpc) is 2.73. The van der Waals surface area contributed by atoms with Gasteiger partial charge in [-0.2, -0.15) is 0 Å². The van der Waals surface area contributed by atoms with Gasteiger partial charge in [0.25, 0.3) is 0 Å². The number of benzene rings is 1. The summed E-state index contributed by atoms with van der Waals surface area (Å²) in [6, 6.07) is 6.21. The van der Waals surface area contributed by atoms with E-state index in [-0.39, 0.29) is 29.5 Å². The van der Waals surface area contributed by atoms with Crippen molar-refractivity contribution in [3.05, 3.63) is 35.6 Å². The molecule has 1 aromatic rings. The Morgan fingerprint density at radius 1 is 1.21 bits per heavy atom. The summed E-state index contributed by atoms with van der Waals surface area (Å²) in [6.45, 7) is 4.94. The van der Waals surface area contributed by atoms with Gasteiger partial charge in [-0.3, -0.25) is 9.59 Å². The van der Waals surface area contributed by atoms with Crippen molar-refractivity contribution < 1.29 is 14.0 Å². The normalized spacial score (nSPS) is 24.5. The fourth-order valence-corrected chi connectivity index (χ4v) is 4.04. The molecule has 2 saturated heterocycles. The number of carbonyl (C=O) groups excluding carboxylic acids is 2. The molecule has 0 radical (unpaired) electrons. The summed E-state index contributed by atoms with van der Waals surface area (Å²) in [6.07, 6.45) is 3.60. The zero-order valence-electron chi connectivity index (χ0n) is 14.3. The third kappa shape index (κ3) is 3.30. The van der Waals surface area contributed by atoms with Crippen molar-refractivity contribution >= 4 is 11.8 Å². The summed E-state index contributed by atoms with van der Waals surface area (Å²) >= 11 is 0. The molecule has 3 rings (SSSR count). The van der Waals surface area contributed by atoms with Crippen LogP contribution >= 0.6 is 0 Å². The first-order valence-electron chi connectivity index (χ1n) is 8.86. The largest absolute Gasteiger partial charge is 0.342 e. The molecule has 1 spiro atoms. The van der Waals surface area contributed by atoms with Crippen LogP contribution in [0.5, 0.6) is 0 Å². The first-order valence-corrected chi connectivity index (χ1v) is 8.86. The van der Waals surface area contributed by atoms with E-state index in [1.165, 1.54) is 12.1 Å². The number of likely N-dealkylation sites (tertiary alicyclic amines) is 2. The van der Waals surface area contributed by atoms with Crippen molar-refractivity contribution in [3.8, 4) is 0 Å². The predicted octanol–water partition coefficient (Wildman–Crippen LogP) is 2.62. The van der Waals surface area contributed by atoms with Crippen LogP contribution in [0.2, 0.25) is 0 Å². The van der Waals surface area contributed by atoms with Crippen LogP contribution < -0.4 is 0 Å². The molecule has 5 heteroatoms. The van der Waals surface area contributed by atoms with E-state index in [1.807, 2.05) is 16.7 Å². The molecule has 0 N–H and O–H groups in total. The molecule has 2 fully saturated rings. The fourth-order valence-electron chi connectivity index (χ4n) is 4.04. The van der Waals surface area contributed by atoms with Crippen LogP contribution in [0.25, 0.3) is 0 Å². The van der Waals surface area contributed by atoms with Crippen LogP contribution in [0.1, 0.15) is 38.2 Å². The van der Waals surface area contributed by atoms with Crippen LogP contribution in [-0.2, 0) is 16.0 Å². The van der Waals surface area contributed by atoms with Gasteiger partial charge in [0.1, 0.15) is 5.82 Å². The van der Waals surface area contributed by atoms with Gasteiger partial charge in [-0.1, -0.05) is 12.1 Å². The summed E-state index contributed by atoms with van der Waals surface area (Å²) < 4.78 is 13.3. The summed E-state index contributed by atoms with van der Waals surface area (Å²) in [5, 5.41) is 0. The molecule has 0 aliphatic carbocycles. The maximum atomic E-state index is 13.3. The highest BCUT2D eigenvalue weighted by Gasteiger charge is 2.46. The number of amides is 2. The molecule has 0 aromatic heterocycles. The van der Waals surface area contributed by atoms with Crippen molar-refractivity contribution in [2.24, 2.45) is 5.41 Å². The Labute approximate surface area is 142 Å². The van der Waals surface area contributed by atoms with E-state index in [0.717, 1.165) is 38.8 Å². The number of rotatable bonds is 3. The van der Waals surface area contributed by atoms with Gasteiger partial charge in [-0.15, -0.1) is 0 Å². The Morgan fingerprint density at radius 3 is 2.71 bits per heavy atom. The van der Waals surface area contributed by atoms with E-state index in [4.69, 9.17) is 0 Å². The van der Waals surface area contributed by atoms with Crippen LogP contribution in [0.15, 0.2) is 24.3 Å². The molecule has 1 atom stereocenters. The molecule has 2 heterocycles. The maximum Gasteiger partial charge on any atom is 0.228 e. The van der Waals surface area contributed by atoms with Gasteiger partial charge < -0.3 is 9.80 Å². The van der Waals surface area contributed by atoms with E-state index < -0.39 is 0 Å². The molecule has 24 heavy (non-hydrogen) atoms. The van der Waals surface area contributed by atoms with Crippen LogP contribution in [0.4, 0.5) is 4.39 Å². The standard InChI is InChI=1S/C19H25FN2O2/c1-2-21-11-8-19(18(21)24)7-4-10-22(12-9-19)17(23)14-15-5-3-6-16(20)13-15/h3,5-6,13H,2,4,7-12,14H2,1H3. The molecule has 4 nitrogen and oxygen atoms in total. The Bertz CT molecular complexity index is 634. The van der Waals surface area contributed by atoms with Gasteiger partial charge in [-0.05, 0) is 50.3 Å². The van der Waals surface area contributed by atoms with Crippen LogP contribution in [0, 0.1) is 11.2 Å². The number of halogens is 1. The molecule has 2 aliphatic rings. The topological polar surface area (TPSA) is 40.6 Å². The third-order valence-corrected chi connectivity index (χ3v) is 5.52. The second-order valence-electron chi connectivity index (χ2n) is 6.96. The zero-order chi connectivity index (χ0) is 17.2. The number of hydrogen-bond donors (Lipinski definition) is 0. The summed E-state index contributed by atoms with van der Waals surface area (Å²) in [7, 11) is 0. The third-order valence-electron chi connectivity index (χ3n) is 5.52.